The molecule has 31 heavy (non-hydrogen) atoms. The summed E-state index contributed by atoms with van der Waals surface area (Å²) in [6, 6.07) is 9.22. The van der Waals surface area contributed by atoms with Gasteiger partial charge in [-0.1, -0.05) is 25.1 Å². The van der Waals surface area contributed by atoms with E-state index in [4.69, 9.17) is 5.11 Å². The third kappa shape index (κ3) is 6.32. The second kappa shape index (κ2) is 10.8. The fourth-order valence-corrected chi connectivity index (χ4v) is 4.21. The van der Waals surface area contributed by atoms with E-state index in [-0.39, 0.29) is 19.0 Å². The van der Waals surface area contributed by atoms with Crippen LogP contribution in [0.5, 0.6) is 0 Å². The lowest BCUT2D eigenvalue weighted by Gasteiger charge is -2.33. The number of amides is 1. The molecule has 0 bridgehead atoms. The van der Waals surface area contributed by atoms with Gasteiger partial charge in [0.2, 0.25) is 5.91 Å². The van der Waals surface area contributed by atoms with E-state index < -0.39 is 36.3 Å². The summed E-state index contributed by atoms with van der Waals surface area (Å²) in [7, 11) is 0. The Kier molecular flexibility index (Phi) is 8.12. The van der Waals surface area contributed by atoms with Gasteiger partial charge in [-0.25, -0.2) is 8.78 Å². The van der Waals surface area contributed by atoms with Crippen LogP contribution in [0.25, 0.3) is 0 Å². The zero-order valence-corrected chi connectivity index (χ0v) is 17.7. The largest absolute Gasteiger partial charge is 0.390 e. The third-order valence-electron chi connectivity index (χ3n) is 5.84. The summed E-state index contributed by atoms with van der Waals surface area (Å²) < 4.78 is 27.4. The predicted octanol–water partition coefficient (Wildman–Crippen LogP) is 2.57. The van der Waals surface area contributed by atoms with E-state index in [1.54, 1.807) is 0 Å². The normalized spacial score (nSPS) is 17.6. The van der Waals surface area contributed by atoms with Crippen LogP contribution in [0.15, 0.2) is 36.4 Å². The fraction of sp³-hybridized carbons (Fsp3) is 0.458. The van der Waals surface area contributed by atoms with Crippen molar-refractivity contribution in [3.63, 3.8) is 0 Å². The predicted molar refractivity (Wildman–Crippen MR) is 115 cm³/mol. The summed E-state index contributed by atoms with van der Waals surface area (Å²) in [5.41, 5.74) is 4.10. The first kappa shape index (κ1) is 23.3. The molecule has 168 valence electrons. The molecule has 3 atom stereocenters. The molecule has 3 unspecified atom stereocenters. The number of aryl methyl sites for hydroxylation is 2. The topological polar surface area (TPSA) is 81.6 Å². The van der Waals surface area contributed by atoms with E-state index in [0.29, 0.717) is 5.56 Å². The Hall–Kier alpha value is -2.35. The lowest BCUT2D eigenvalue weighted by molar-refractivity contribution is -0.124. The van der Waals surface area contributed by atoms with E-state index in [0.717, 1.165) is 31.7 Å². The molecule has 7 heteroatoms. The van der Waals surface area contributed by atoms with Gasteiger partial charge >= 0.3 is 0 Å². The van der Waals surface area contributed by atoms with E-state index in [1.807, 2.05) is 0 Å². The highest BCUT2D eigenvalue weighted by atomic mass is 19.1. The molecule has 2 aromatic carbocycles. The van der Waals surface area contributed by atoms with Crippen molar-refractivity contribution in [1.82, 2.24) is 10.6 Å². The number of hydrogen-bond donors (Lipinski definition) is 4. The number of carbonyl (C=O) groups is 1. The molecule has 0 heterocycles. The summed E-state index contributed by atoms with van der Waals surface area (Å²) in [5, 5.41) is 25.6. The minimum absolute atomic E-state index is 0.0122. The lowest BCUT2D eigenvalue weighted by atomic mass is 9.85. The molecule has 0 spiro atoms. The highest BCUT2D eigenvalue weighted by Gasteiger charge is 2.27. The molecule has 1 aliphatic carbocycles. The van der Waals surface area contributed by atoms with Gasteiger partial charge in [-0.3, -0.25) is 4.79 Å². The van der Waals surface area contributed by atoms with Crippen LogP contribution < -0.4 is 10.6 Å². The number of nitrogens with one attached hydrogen (secondary N) is 2. The van der Waals surface area contributed by atoms with Gasteiger partial charge in [0.15, 0.2) is 0 Å². The van der Waals surface area contributed by atoms with E-state index in [2.05, 4.69) is 35.8 Å². The van der Waals surface area contributed by atoms with Crippen molar-refractivity contribution in [3.05, 3.63) is 70.3 Å². The molecule has 0 aromatic heterocycles. The van der Waals surface area contributed by atoms with Crippen LogP contribution in [0, 0.1) is 11.6 Å². The molecule has 4 N–H and O–H groups in total. The number of benzene rings is 2. The number of aliphatic hydroxyl groups is 2. The van der Waals surface area contributed by atoms with Crippen LogP contribution in [0.3, 0.4) is 0 Å². The molecule has 1 amide bonds. The third-order valence-corrected chi connectivity index (χ3v) is 5.84. The Morgan fingerprint density at radius 1 is 1.16 bits per heavy atom. The number of hydrogen-bond acceptors (Lipinski definition) is 4. The second-order valence-corrected chi connectivity index (χ2v) is 8.12. The molecule has 0 radical (unpaired) electrons. The standard InChI is InChI=1S/C24H30F2N2O3/c1-2-15-6-7-17-4-3-5-21(20(17)10-15)28-22(23(30)13-27-24(31)14-29)11-16-8-18(25)12-19(26)9-16/h6-10,12,21-23,28-30H,2-5,11,13-14H2,1H3,(H,27,31). The molecule has 2 aromatic rings. The summed E-state index contributed by atoms with van der Waals surface area (Å²) in [5.74, 6) is -1.94. The van der Waals surface area contributed by atoms with Crippen LogP contribution >= 0.6 is 0 Å². The van der Waals surface area contributed by atoms with Crippen LogP contribution in [0.4, 0.5) is 8.78 Å². The number of carbonyl (C=O) groups excluding carboxylic acids is 1. The molecular weight excluding hydrogens is 402 g/mol. The van der Waals surface area contributed by atoms with Crippen molar-refractivity contribution in [1.29, 1.82) is 0 Å². The lowest BCUT2D eigenvalue weighted by Crippen LogP contribution is -2.49. The molecule has 0 aliphatic heterocycles. The summed E-state index contributed by atoms with van der Waals surface area (Å²) in [6.07, 6.45) is 2.96. The van der Waals surface area contributed by atoms with Crippen molar-refractivity contribution in [2.24, 2.45) is 0 Å². The molecule has 0 saturated carbocycles. The maximum atomic E-state index is 13.7. The molecule has 0 fully saturated rings. The average molecular weight is 433 g/mol. The average Bonchev–Trinajstić information content (AvgIpc) is 2.75. The van der Waals surface area contributed by atoms with E-state index >= 15 is 0 Å². The summed E-state index contributed by atoms with van der Waals surface area (Å²) in [6.45, 7) is 1.35. The van der Waals surface area contributed by atoms with Gasteiger partial charge in [0.05, 0.1) is 6.10 Å². The van der Waals surface area contributed by atoms with E-state index in [1.165, 1.54) is 28.8 Å². The van der Waals surface area contributed by atoms with Crippen molar-refractivity contribution in [2.75, 3.05) is 13.2 Å². The van der Waals surface area contributed by atoms with Crippen LogP contribution in [0.1, 0.15) is 48.1 Å². The van der Waals surface area contributed by atoms with Gasteiger partial charge < -0.3 is 20.8 Å². The van der Waals surface area contributed by atoms with Crippen molar-refractivity contribution in [3.8, 4) is 0 Å². The number of halogens is 2. The van der Waals surface area contributed by atoms with Gasteiger partial charge in [0, 0.05) is 24.7 Å². The molecular formula is C24H30F2N2O3. The fourth-order valence-electron chi connectivity index (χ4n) is 4.21. The molecule has 0 saturated heterocycles. The monoisotopic (exact) mass is 432 g/mol. The smallest absolute Gasteiger partial charge is 0.245 e. The molecule has 3 rings (SSSR count). The van der Waals surface area contributed by atoms with Gasteiger partial charge in [0.25, 0.3) is 0 Å². The maximum absolute atomic E-state index is 13.7. The first-order valence-electron chi connectivity index (χ1n) is 10.8. The zero-order chi connectivity index (χ0) is 22.4. The Labute approximate surface area is 181 Å². The molecule has 5 nitrogen and oxygen atoms in total. The van der Waals surface area contributed by atoms with Gasteiger partial charge in [-0.15, -0.1) is 0 Å². The Morgan fingerprint density at radius 3 is 2.58 bits per heavy atom. The Bertz CT molecular complexity index is 886. The highest BCUT2D eigenvalue weighted by Crippen LogP contribution is 2.31. The van der Waals surface area contributed by atoms with Crippen LogP contribution in [-0.2, 0) is 24.1 Å². The minimum Gasteiger partial charge on any atom is -0.390 e. The van der Waals surface area contributed by atoms with Gasteiger partial charge in [-0.2, -0.15) is 0 Å². The highest BCUT2D eigenvalue weighted by molar-refractivity contribution is 5.76. The zero-order valence-electron chi connectivity index (χ0n) is 17.7. The van der Waals surface area contributed by atoms with Crippen molar-refractivity contribution < 1.29 is 23.8 Å². The number of aliphatic hydroxyl groups excluding tert-OH is 2. The maximum Gasteiger partial charge on any atom is 0.245 e. The first-order chi connectivity index (χ1) is 14.9. The Balaban J connectivity index is 1.83. The molecule has 1 aliphatic rings. The Morgan fingerprint density at radius 2 is 1.90 bits per heavy atom. The van der Waals surface area contributed by atoms with Gasteiger partial charge in [-0.05, 0) is 66.5 Å². The summed E-state index contributed by atoms with van der Waals surface area (Å²) in [4.78, 5) is 11.4. The number of fused-ring (bicyclic) bond motifs is 1. The SMILES string of the molecule is CCc1ccc2c(c1)C(NC(Cc1cc(F)cc(F)c1)C(O)CNC(=O)CO)CCC2. The van der Waals surface area contributed by atoms with Crippen molar-refractivity contribution in [2.45, 2.75) is 57.2 Å². The first-order valence-corrected chi connectivity index (χ1v) is 10.8. The second-order valence-electron chi connectivity index (χ2n) is 8.12. The quantitative estimate of drug-likeness (QED) is 0.491. The van der Waals surface area contributed by atoms with Crippen LogP contribution in [-0.4, -0.2) is 41.4 Å². The summed E-state index contributed by atoms with van der Waals surface area (Å²) >= 11 is 0. The minimum atomic E-state index is -1.01. The number of rotatable bonds is 9. The van der Waals surface area contributed by atoms with E-state index in [9.17, 15) is 18.7 Å². The van der Waals surface area contributed by atoms with Crippen LogP contribution in [0.2, 0.25) is 0 Å². The van der Waals surface area contributed by atoms with Crippen molar-refractivity contribution >= 4 is 5.91 Å². The van der Waals surface area contributed by atoms with Gasteiger partial charge in [0.1, 0.15) is 18.2 Å².